The van der Waals surface area contributed by atoms with Crippen LogP contribution in [0.25, 0.3) is 0 Å². The minimum atomic E-state index is -0.509. The van der Waals surface area contributed by atoms with E-state index < -0.39 is 11.0 Å². The van der Waals surface area contributed by atoms with Crippen LogP contribution >= 0.6 is 0 Å². The van der Waals surface area contributed by atoms with Crippen LogP contribution in [0.3, 0.4) is 0 Å². The van der Waals surface area contributed by atoms with Crippen molar-refractivity contribution < 1.29 is 14.5 Å². The molecule has 1 saturated heterocycles. The Kier molecular flexibility index (Phi) is 3.31. The third-order valence-corrected chi connectivity index (χ3v) is 2.35. The molecule has 0 spiro atoms. The van der Waals surface area contributed by atoms with E-state index in [0.29, 0.717) is 19.0 Å². The Morgan fingerprint density at radius 2 is 2.18 bits per heavy atom. The van der Waals surface area contributed by atoms with Gasteiger partial charge in [0.1, 0.15) is 0 Å². The van der Waals surface area contributed by atoms with E-state index in [4.69, 9.17) is 4.74 Å². The summed E-state index contributed by atoms with van der Waals surface area (Å²) in [6.45, 7) is 0.831. The van der Waals surface area contributed by atoms with Crippen LogP contribution in [0, 0.1) is 10.1 Å². The van der Waals surface area contributed by atoms with Crippen molar-refractivity contribution in [1.82, 2.24) is 5.32 Å². The van der Waals surface area contributed by atoms with Gasteiger partial charge in [-0.2, -0.15) is 0 Å². The number of nitrogens with zero attached hydrogens (tertiary/aromatic N) is 1. The zero-order chi connectivity index (χ0) is 12.3. The molecule has 0 unspecified atom stereocenters. The van der Waals surface area contributed by atoms with E-state index in [2.05, 4.69) is 10.6 Å². The van der Waals surface area contributed by atoms with Crippen molar-refractivity contribution in [3.63, 3.8) is 0 Å². The van der Waals surface area contributed by atoms with Crippen LogP contribution in [-0.4, -0.2) is 30.2 Å². The molecule has 0 saturated carbocycles. The van der Waals surface area contributed by atoms with Crippen LogP contribution in [0.1, 0.15) is 0 Å². The van der Waals surface area contributed by atoms with Gasteiger partial charge in [-0.05, 0) is 12.1 Å². The van der Waals surface area contributed by atoms with Crippen LogP contribution in [-0.2, 0) is 9.53 Å². The molecule has 7 heteroatoms. The molecule has 0 bridgehead atoms. The Balaban J connectivity index is 1.98. The fraction of sp³-hybridized carbons (Fsp3) is 0.300. The summed E-state index contributed by atoms with van der Waals surface area (Å²) in [4.78, 5) is 21.6. The average molecular weight is 237 g/mol. The van der Waals surface area contributed by atoms with Crippen LogP contribution < -0.4 is 10.6 Å². The molecule has 0 aliphatic carbocycles. The molecule has 0 aromatic heterocycles. The number of anilines is 1. The monoisotopic (exact) mass is 237 g/mol. The van der Waals surface area contributed by atoms with Crippen molar-refractivity contribution in [3.05, 3.63) is 34.4 Å². The highest BCUT2D eigenvalue weighted by molar-refractivity contribution is 5.94. The lowest BCUT2D eigenvalue weighted by molar-refractivity contribution is -0.384. The molecule has 1 fully saturated rings. The Hall–Kier alpha value is -1.99. The highest BCUT2D eigenvalue weighted by atomic mass is 16.6. The van der Waals surface area contributed by atoms with Crippen molar-refractivity contribution in [3.8, 4) is 0 Å². The summed E-state index contributed by atoms with van der Waals surface area (Å²) in [6, 6.07) is 5.64. The van der Waals surface area contributed by atoms with Gasteiger partial charge in [-0.15, -0.1) is 0 Å². The standard InChI is InChI=1S/C10H11N3O4/c14-10(9-5-11-6-17-9)12-7-1-3-8(4-2-7)13(15)16/h1-4,9,11H,5-6H2,(H,12,14)/t9-/m1/s1. The minimum absolute atomic E-state index is 0.0122. The molecule has 1 aliphatic rings. The van der Waals surface area contributed by atoms with E-state index in [9.17, 15) is 14.9 Å². The van der Waals surface area contributed by atoms with Crippen LogP contribution in [0.2, 0.25) is 0 Å². The number of carbonyl (C=O) groups excluding carboxylic acids is 1. The molecular weight excluding hydrogens is 226 g/mol. The zero-order valence-corrected chi connectivity index (χ0v) is 8.88. The van der Waals surface area contributed by atoms with E-state index in [-0.39, 0.29) is 11.6 Å². The topological polar surface area (TPSA) is 93.5 Å². The summed E-state index contributed by atoms with van der Waals surface area (Å²) in [5.74, 6) is -0.260. The normalized spacial score (nSPS) is 18.9. The number of hydrogen-bond donors (Lipinski definition) is 2. The van der Waals surface area contributed by atoms with Crippen molar-refractivity contribution in [2.24, 2.45) is 0 Å². The van der Waals surface area contributed by atoms with Crippen LogP contribution in [0.4, 0.5) is 11.4 Å². The lowest BCUT2D eigenvalue weighted by atomic mass is 10.2. The van der Waals surface area contributed by atoms with Gasteiger partial charge >= 0.3 is 0 Å². The number of rotatable bonds is 3. The molecule has 17 heavy (non-hydrogen) atoms. The van der Waals surface area contributed by atoms with Gasteiger partial charge in [0.15, 0.2) is 6.10 Å². The predicted octanol–water partition coefficient (Wildman–Crippen LogP) is 0.479. The second kappa shape index (κ2) is 4.89. The fourth-order valence-corrected chi connectivity index (χ4v) is 1.47. The summed E-state index contributed by atoms with van der Waals surface area (Å²) >= 11 is 0. The molecule has 1 aliphatic heterocycles. The van der Waals surface area contributed by atoms with Crippen LogP contribution in [0.5, 0.6) is 0 Å². The first-order chi connectivity index (χ1) is 8.16. The molecule has 2 N–H and O–H groups in total. The van der Waals surface area contributed by atoms with Crippen molar-refractivity contribution in [2.75, 3.05) is 18.6 Å². The van der Waals surface area contributed by atoms with Gasteiger partial charge in [0.05, 0.1) is 11.7 Å². The first kappa shape index (κ1) is 11.5. The smallest absolute Gasteiger partial charge is 0.269 e. The van der Waals surface area contributed by atoms with Gasteiger partial charge in [-0.25, -0.2) is 0 Å². The molecule has 1 aromatic rings. The van der Waals surface area contributed by atoms with Crippen molar-refractivity contribution in [2.45, 2.75) is 6.10 Å². The quantitative estimate of drug-likeness (QED) is 0.589. The highest BCUT2D eigenvalue weighted by Gasteiger charge is 2.23. The lowest BCUT2D eigenvalue weighted by Crippen LogP contribution is -2.30. The Bertz CT molecular complexity index is 426. The maximum absolute atomic E-state index is 11.6. The number of amides is 1. The van der Waals surface area contributed by atoms with Gasteiger partial charge < -0.3 is 10.1 Å². The summed E-state index contributed by atoms with van der Waals surface area (Å²) < 4.78 is 5.12. The predicted molar refractivity (Wildman–Crippen MR) is 59.5 cm³/mol. The number of nitro groups is 1. The van der Waals surface area contributed by atoms with Gasteiger partial charge in [-0.3, -0.25) is 20.2 Å². The van der Waals surface area contributed by atoms with Crippen molar-refractivity contribution in [1.29, 1.82) is 0 Å². The third kappa shape index (κ3) is 2.77. The van der Waals surface area contributed by atoms with Gasteiger partial charge in [0.2, 0.25) is 0 Å². The summed E-state index contributed by atoms with van der Waals surface area (Å²) in [5.41, 5.74) is 0.498. The fourth-order valence-electron chi connectivity index (χ4n) is 1.47. The molecule has 0 radical (unpaired) electrons. The number of benzene rings is 1. The minimum Gasteiger partial charge on any atom is -0.352 e. The average Bonchev–Trinajstić information content (AvgIpc) is 2.83. The molecule has 1 aromatic carbocycles. The van der Waals surface area contributed by atoms with E-state index in [1.807, 2.05) is 0 Å². The molecule has 7 nitrogen and oxygen atoms in total. The second-order valence-electron chi connectivity index (χ2n) is 3.55. The number of ether oxygens (including phenoxy) is 1. The largest absolute Gasteiger partial charge is 0.352 e. The van der Waals surface area contributed by atoms with Gasteiger partial charge in [0, 0.05) is 24.4 Å². The number of carbonyl (C=O) groups is 1. The maximum atomic E-state index is 11.6. The zero-order valence-electron chi connectivity index (χ0n) is 8.88. The second-order valence-corrected chi connectivity index (χ2v) is 3.55. The molecular formula is C10H11N3O4. The lowest BCUT2D eigenvalue weighted by Gasteiger charge is -2.09. The van der Waals surface area contributed by atoms with E-state index in [0.717, 1.165) is 0 Å². The third-order valence-electron chi connectivity index (χ3n) is 2.35. The van der Waals surface area contributed by atoms with Crippen LogP contribution in [0.15, 0.2) is 24.3 Å². The highest BCUT2D eigenvalue weighted by Crippen LogP contribution is 2.15. The van der Waals surface area contributed by atoms with Gasteiger partial charge in [0.25, 0.3) is 11.6 Å². The summed E-state index contributed by atoms with van der Waals surface area (Å²) in [5, 5.41) is 15.9. The molecule has 90 valence electrons. The Labute approximate surface area is 96.9 Å². The van der Waals surface area contributed by atoms with E-state index >= 15 is 0 Å². The molecule has 1 amide bonds. The Morgan fingerprint density at radius 1 is 1.47 bits per heavy atom. The summed E-state index contributed by atoms with van der Waals surface area (Å²) in [6.07, 6.45) is -0.509. The maximum Gasteiger partial charge on any atom is 0.269 e. The number of nitrogens with one attached hydrogen (secondary N) is 2. The number of non-ortho nitro benzene ring substituents is 1. The van der Waals surface area contributed by atoms with E-state index in [1.54, 1.807) is 0 Å². The van der Waals surface area contributed by atoms with Crippen molar-refractivity contribution >= 4 is 17.3 Å². The molecule has 1 atom stereocenters. The SMILES string of the molecule is O=C(Nc1ccc([N+](=O)[O-])cc1)[C@H]1CNCO1. The first-order valence-electron chi connectivity index (χ1n) is 5.04. The number of hydrogen-bond acceptors (Lipinski definition) is 5. The molecule has 1 heterocycles. The number of nitro benzene ring substituents is 1. The van der Waals surface area contributed by atoms with Gasteiger partial charge in [-0.1, -0.05) is 0 Å². The summed E-state index contributed by atoms with van der Waals surface area (Å²) in [7, 11) is 0. The molecule has 2 rings (SSSR count). The van der Waals surface area contributed by atoms with E-state index in [1.165, 1.54) is 24.3 Å². The first-order valence-corrected chi connectivity index (χ1v) is 5.04. The Morgan fingerprint density at radius 3 is 2.71 bits per heavy atom.